The molecule has 0 spiro atoms. The normalized spacial score (nSPS) is 14.5. The lowest BCUT2D eigenvalue weighted by molar-refractivity contribution is 0.354. The van der Waals surface area contributed by atoms with Crippen molar-refractivity contribution in [2.45, 2.75) is 32.7 Å². The van der Waals surface area contributed by atoms with E-state index in [0.717, 1.165) is 18.5 Å². The van der Waals surface area contributed by atoms with E-state index >= 15 is 0 Å². The number of nitrogens with one attached hydrogen (secondary N) is 1. The zero-order valence-electron chi connectivity index (χ0n) is 10.1. The first-order valence-electron chi connectivity index (χ1n) is 5.55. The van der Waals surface area contributed by atoms with E-state index in [1.807, 2.05) is 6.07 Å². The average molecular weight is 224 g/mol. The van der Waals surface area contributed by atoms with Crippen LogP contribution < -0.4 is 16.0 Å². The summed E-state index contributed by atoms with van der Waals surface area (Å²) in [6, 6.07) is 1.85. The lowest BCUT2D eigenvalue weighted by Gasteiger charge is -2.22. The van der Waals surface area contributed by atoms with Gasteiger partial charge in [0.25, 0.3) is 0 Å². The van der Waals surface area contributed by atoms with Gasteiger partial charge < -0.3 is 4.74 Å². The van der Waals surface area contributed by atoms with Crippen LogP contribution in [-0.4, -0.2) is 17.1 Å². The van der Waals surface area contributed by atoms with E-state index in [0.29, 0.717) is 11.8 Å². The SMILES string of the molecule is CCCC(C)C(NN)c1cc(OC)ncn1. The smallest absolute Gasteiger partial charge is 0.216 e. The van der Waals surface area contributed by atoms with Crippen molar-refractivity contribution >= 4 is 0 Å². The maximum Gasteiger partial charge on any atom is 0.216 e. The van der Waals surface area contributed by atoms with E-state index in [2.05, 4.69) is 29.2 Å². The summed E-state index contributed by atoms with van der Waals surface area (Å²) in [4.78, 5) is 8.21. The second-order valence-electron chi connectivity index (χ2n) is 3.90. The monoisotopic (exact) mass is 224 g/mol. The van der Waals surface area contributed by atoms with Gasteiger partial charge in [-0.1, -0.05) is 20.3 Å². The number of hydrogen-bond donors (Lipinski definition) is 2. The zero-order valence-corrected chi connectivity index (χ0v) is 10.1. The number of methoxy groups -OCH3 is 1. The number of nitrogens with two attached hydrogens (primary N) is 1. The Balaban J connectivity index is 2.85. The number of rotatable bonds is 6. The highest BCUT2D eigenvalue weighted by molar-refractivity contribution is 5.16. The predicted octanol–water partition coefficient (Wildman–Crippen LogP) is 1.43. The van der Waals surface area contributed by atoms with Crippen LogP contribution in [0.2, 0.25) is 0 Å². The molecule has 1 aromatic rings. The lowest BCUT2D eigenvalue weighted by Crippen LogP contribution is -2.33. The molecule has 2 unspecified atom stereocenters. The molecule has 2 atom stereocenters. The summed E-state index contributed by atoms with van der Waals surface area (Å²) in [7, 11) is 1.59. The van der Waals surface area contributed by atoms with E-state index in [4.69, 9.17) is 10.6 Å². The highest BCUT2D eigenvalue weighted by Crippen LogP contribution is 2.24. The Kier molecular flexibility index (Phi) is 5.14. The molecule has 0 bridgehead atoms. The van der Waals surface area contributed by atoms with Crippen molar-refractivity contribution in [3.63, 3.8) is 0 Å². The molecule has 0 aliphatic rings. The van der Waals surface area contributed by atoms with Gasteiger partial charge in [0.05, 0.1) is 18.8 Å². The third-order valence-corrected chi connectivity index (χ3v) is 2.68. The van der Waals surface area contributed by atoms with Gasteiger partial charge in [0.2, 0.25) is 5.88 Å². The minimum absolute atomic E-state index is 0.0387. The van der Waals surface area contributed by atoms with Gasteiger partial charge in [0.15, 0.2) is 0 Å². The largest absolute Gasteiger partial charge is 0.481 e. The molecule has 0 saturated heterocycles. The van der Waals surface area contributed by atoms with Crippen LogP contribution in [0, 0.1) is 5.92 Å². The van der Waals surface area contributed by atoms with Crippen LogP contribution >= 0.6 is 0 Å². The molecule has 5 heteroatoms. The van der Waals surface area contributed by atoms with Crippen LogP contribution in [-0.2, 0) is 0 Å². The fourth-order valence-electron chi connectivity index (χ4n) is 1.80. The molecular weight excluding hydrogens is 204 g/mol. The molecule has 1 aromatic heterocycles. The Morgan fingerprint density at radius 2 is 2.25 bits per heavy atom. The molecule has 1 heterocycles. The third kappa shape index (κ3) is 3.15. The predicted molar refractivity (Wildman–Crippen MR) is 62.7 cm³/mol. The van der Waals surface area contributed by atoms with E-state index in [1.165, 1.54) is 6.33 Å². The number of hydrogen-bond acceptors (Lipinski definition) is 5. The van der Waals surface area contributed by atoms with E-state index in [9.17, 15) is 0 Å². The Morgan fingerprint density at radius 1 is 1.50 bits per heavy atom. The van der Waals surface area contributed by atoms with Crippen LogP contribution in [0.5, 0.6) is 5.88 Å². The molecule has 0 aliphatic carbocycles. The van der Waals surface area contributed by atoms with Crippen LogP contribution in [0.3, 0.4) is 0 Å². The van der Waals surface area contributed by atoms with Gasteiger partial charge in [-0.15, -0.1) is 0 Å². The molecule has 0 fully saturated rings. The quantitative estimate of drug-likeness (QED) is 0.565. The van der Waals surface area contributed by atoms with Gasteiger partial charge in [0.1, 0.15) is 6.33 Å². The van der Waals surface area contributed by atoms with E-state index in [1.54, 1.807) is 7.11 Å². The first kappa shape index (κ1) is 12.9. The maximum absolute atomic E-state index is 5.58. The third-order valence-electron chi connectivity index (χ3n) is 2.68. The topological polar surface area (TPSA) is 73.1 Å². The minimum Gasteiger partial charge on any atom is -0.481 e. The Labute approximate surface area is 96.4 Å². The highest BCUT2D eigenvalue weighted by atomic mass is 16.5. The lowest BCUT2D eigenvalue weighted by atomic mass is 9.95. The number of nitrogens with zero attached hydrogens (tertiary/aromatic N) is 2. The van der Waals surface area contributed by atoms with Crippen molar-refractivity contribution in [1.82, 2.24) is 15.4 Å². The summed E-state index contributed by atoms with van der Waals surface area (Å²) in [5, 5.41) is 0. The van der Waals surface area contributed by atoms with E-state index < -0.39 is 0 Å². The summed E-state index contributed by atoms with van der Waals surface area (Å²) >= 11 is 0. The fraction of sp³-hybridized carbons (Fsp3) is 0.636. The molecule has 0 radical (unpaired) electrons. The second kappa shape index (κ2) is 6.40. The van der Waals surface area contributed by atoms with Crippen LogP contribution in [0.25, 0.3) is 0 Å². The summed E-state index contributed by atoms with van der Waals surface area (Å²) in [6.07, 6.45) is 3.72. The number of hydrazine groups is 1. The summed E-state index contributed by atoms with van der Waals surface area (Å²) in [5.41, 5.74) is 3.68. The first-order valence-corrected chi connectivity index (χ1v) is 5.55. The van der Waals surface area contributed by atoms with Crippen molar-refractivity contribution in [2.24, 2.45) is 11.8 Å². The molecule has 5 nitrogen and oxygen atoms in total. The van der Waals surface area contributed by atoms with Gasteiger partial charge in [-0.3, -0.25) is 11.3 Å². The molecular formula is C11H20N4O. The van der Waals surface area contributed by atoms with Crippen molar-refractivity contribution in [2.75, 3.05) is 7.11 Å². The van der Waals surface area contributed by atoms with Gasteiger partial charge in [0, 0.05) is 6.07 Å². The zero-order chi connectivity index (χ0) is 12.0. The maximum atomic E-state index is 5.58. The molecule has 3 N–H and O–H groups in total. The van der Waals surface area contributed by atoms with Crippen molar-refractivity contribution in [3.05, 3.63) is 18.1 Å². The van der Waals surface area contributed by atoms with Crippen molar-refractivity contribution in [1.29, 1.82) is 0 Å². The Hall–Kier alpha value is -1.20. The van der Waals surface area contributed by atoms with Gasteiger partial charge in [-0.05, 0) is 12.3 Å². The molecule has 0 amide bonds. The molecule has 0 aliphatic heterocycles. The molecule has 90 valence electrons. The molecule has 0 saturated carbocycles. The fourth-order valence-corrected chi connectivity index (χ4v) is 1.80. The van der Waals surface area contributed by atoms with Crippen molar-refractivity contribution in [3.8, 4) is 5.88 Å². The van der Waals surface area contributed by atoms with Gasteiger partial charge in [-0.2, -0.15) is 0 Å². The summed E-state index contributed by atoms with van der Waals surface area (Å²) in [6.45, 7) is 4.31. The van der Waals surface area contributed by atoms with Crippen LogP contribution in [0.15, 0.2) is 12.4 Å². The van der Waals surface area contributed by atoms with E-state index in [-0.39, 0.29) is 6.04 Å². The average Bonchev–Trinajstić information content (AvgIpc) is 2.31. The number of ether oxygens (including phenoxy) is 1. The Morgan fingerprint density at radius 3 is 2.81 bits per heavy atom. The second-order valence-corrected chi connectivity index (χ2v) is 3.90. The summed E-state index contributed by atoms with van der Waals surface area (Å²) < 4.78 is 5.07. The molecule has 16 heavy (non-hydrogen) atoms. The van der Waals surface area contributed by atoms with Crippen molar-refractivity contribution < 1.29 is 4.74 Å². The van der Waals surface area contributed by atoms with Gasteiger partial charge in [-0.25, -0.2) is 9.97 Å². The van der Waals surface area contributed by atoms with Crippen LogP contribution in [0.1, 0.15) is 38.4 Å². The summed E-state index contributed by atoms with van der Waals surface area (Å²) in [5.74, 6) is 6.57. The van der Waals surface area contributed by atoms with Gasteiger partial charge >= 0.3 is 0 Å². The first-order chi connectivity index (χ1) is 7.72. The minimum atomic E-state index is 0.0387. The molecule has 1 rings (SSSR count). The molecule has 0 aromatic carbocycles. The standard InChI is InChI=1S/C11H20N4O/c1-4-5-8(2)11(15-12)9-6-10(16-3)14-7-13-9/h6-8,11,15H,4-5,12H2,1-3H3. The number of aromatic nitrogens is 2. The Bertz CT molecular complexity index is 319. The van der Waals surface area contributed by atoms with Crippen LogP contribution in [0.4, 0.5) is 0 Å². The highest BCUT2D eigenvalue weighted by Gasteiger charge is 2.19.